The number of alkyl halides is 2. The summed E-state index contributed by atoms with van der Waals surface area (Å²) in [5.41, 5.74) is 0. The molecule has 0 heterocycles. The monoisotopic (exact) mass is 165 g/mol. The zero-order valence-electron chi connectivity index (χ0n) is 5.32. The quantitative estimate of drug-likeness (QED) is 0.485. The Morgan fingerprint density at radius 2 is 1.56 bits per heavy atom. The van der Waals surface area contributed by atoms with E-state index in [0.29, 0.717) is 0 Å². The molecule has 1 radical (unpaired) electrons. The molecule has 0 spiro atoms. The van der Waals surface area contributed by atoms with Gasteiger partial charge in [-0.25, -0.2) is 0 Å². The van der Waals surface area contributed by atoms with Crippen molar-refractivity contribution in [3.63, 3.8) is 0 Å². The fraction of sp³-hybridized carbons (Fsp3) is 0.857. The number of hydrogen-bond acceptors (Lipinski definition) is 0. The van der Waals surface area contributed by atoms with Crippen molar-refractivity contribution < 1.29 is 0 Å². The molecule has 0 nitrogen and oxygen atoms in total. The molecule has 1 aliphatic carbocycles. The Labute approximate surface area is 66.5 Å². The summed E-state index contributed by atoms with van der Waals surface area (Å²) in [4.78, 5) is 0. The summed E-state index contributed by atoms with van der Waals surface area (Å²) in [5, 5.41) is 0.419. The highest BCUT2D eigenvalue weighted by atomic mass is 35.5. The lowest BCUT2D eigenvalue weighted by Crippen LogP contribution is -2.26. The summed E-state index contributed by atoms with van der Waals surface area (Å²) in [6, 6.07) is 0. The van der Waals surface area contributed by atoms with Crippen molar-refractivity contribution in [3.05, 3.63) is 6.92 Å². The molecule has 53 valence electrons. The predicted molar refractivity (Wildman–Crippen MR) is 42.0 cm³/mol. The summed E-state index contributed by atoms with van der Waals surface area (Å²) in [6.07, 6.45) is 3.33. The third kappa shape index (κ3) is 1.75. The van der Waals surface area contributed by atoms with E-state index in [1.807, 2.05) is 0 Å². The summed E-state index contributed by atoms with van der Waals surface area (Å²) < 4.78 is 0. The van der Waals surface area contributed by atoms with Gasteiger partial charge in [0.2, 0.25) is 0 Å². The van der Waals surface area contributed by atoms with Crippen LogP contribution in [0.3, 0.4) is 0 Å². The first-order chi connectivity index (χ1) is 4.22. The van der Waals surface area contributed by atoms with Crippen LogP contribution in [0.25, 0.3) is 0 Å². The summed E-state index contributed by atoms with van der Waals surface area (Å²) in [7, 11) is 0. The second-order valence-corrected chi connectivity index (χ2v) is 3.75. The van der Waals surface area contributed by atoms with Crippen LogP contribution in [0.5, 0.6) is 0 Å². The average Bonchev–Trinajstić information content (AvgIpc) is 1.83. The van der Waals surface area contributed by atoms with Crippen LogP contribution in [0, 0.1) is 12.8 Å². The van der Waals surface area contributed by atoms with Gasteiger partial charge < -0.3 is 0 Å². The topological polar surface area (TPSA) is 0 Å². The minimum atomic E-state index is 0.209. The van der Waals surface area contributed by atoms with Crippen molar-refractivity contribution in [1.82, 2.24) is 0 Å². The second kappa shape index (κ2) is 3.12. The Morgan fingerprint density at radius 1 is 1.11 bits per heavy atom. The Bertz CT molecular complexity index is 82.9. The van der Waals surface area contributed by atoms with Crippen LogP contribution in [0.15, 0.2) is 0 Å². The predicted octanol–water partition coefficient (Wildman–Crippen LogP) is 2.84. The molecule has 0 amide bonds. The van der Waals surface area contributed by atoms with E-state index >= 15 is 0 Å². The zero-order valence-corrected chi connectivity index (χ0v) is 6.83. The first-order valence-electron chi connectivity index (χ1n) is 3.33. The molecule has 0 N–H and O–H groups in total. The molecule has 2 atom stereocenters. The van der Waals surface area contributed by atoms with Gasteiger partial charge in [0.1, 0.15) is 0 Å². The maximum atomic E-state index is 5.92. The zero-order chi connectivity index (χ0) is 6.85. The third-order valence-electron chi connectivity index (χ3n) is 1.89. The molecular formula is C7H11Cl2. The van der Waals surface area contributed by atoms with E-state index in [-0.39, 0.29) is 16.7 Å². The van der Waals surface area contributed by atoms with Crippen LogP contribution in [0.4, 0.5) is 0 Å². The molecule has 2 unspecified atom stereocenters. The van der Waals surface area contributed by atoms with Crippen LogP contribution < -0.4 is 0 Å². The van der Waals surface area contributed by atoms with Gasteiger partial charge in [0, 0.05) is 10.8 Å². The van der Waals surface area contributed by atoms with Crippen LogP contribution in [0.2, 0.25) is 0 Å². The molecule has 2 heteroatoms. The third-order valence-corrected chi connectivity index (χ3v) is 2.97. The van der Waals surface area contributed by atoms with E-state index in [9.17, 15) is 0 Å². The lowest BCUT2D eigenvalue weighted by molar-refractivity contribution is 0.431. The molecule has 0 bridgehead atoms. The lowest BCUT2D eigenvalue weighted by atomic mass is 9.90. The standard InChI is InChI=1S/C7H11Cl2/c1-5-6(8)3-2-4-7(5)9/h5-7H,1-4H2. The molecule has 1 rings (SSSR count). The molecular weight excluding hydrogens is 155 g/mol. The number of hydrogen-bond donors (Lipinski definition) is 0. The van der Waals surface area contributed by atoms with Gasteiger partial charge in [0.25, 0.3) is 0 Å². The lowest BCUT2D eigenvalue weighted by Gasteiger charge is -2.27. The number of rotatable bonds is 0. The highest BCUT2D eigenvalue weighted by molar-refractivity contribution is 6.24. The molecule has 1 fully saturated rings. The Balaban J connectivity index is 2.41. The first-order valence-corrected chi connectivity index (χ1v) is 4.20. The molecule has 0 saturated heterocycles. The average molecular weight is 166 g/mol. The highest BCUT2D eigenvalue weighted by Crippen LogP contribution is 2.31. The van der Waals surface area contributed by atoms with E-state index in [1.54, 1.807) is 0 Å². The van der Waals surface area contributed by atoms with E-state index < -0.39 is 0 Å². The van der Waals surface area contributed by atoms with Gasteiger partial charge in [-0.2, -0.15) is 0 Å². The second-order valence-electron chi connectivity index (χ2n) is 2.63. The normalized spacial score (nSPS) is 45.0. The minimum Gasteiger partial charge on any atom is -0.123 e. The SMILES string of the molecule is [CH2]C1C(Cl)CCCC1Cl. The maximum Gasteiger partial charge on any atom is 0.0378 e. The van der Waals surface area contributed by atoms with Crippen molar-refractivity contribution in [2.45, 2.75) is 30.0 Å². The van der Waals surface area contributed by atoms with Crippen molar-refractivity contribution in [1.29, 1.82) is 0 Å². The fourth-order valence-corrected chi connectivity index (χ4v) is 1.90. The van der Waals surface area contributed by atoms with Crippen LogP contribution >= 0.6 is 23.2 Å². The van der Waals surface area contributed by atoms with Crippen LogP contribution in [-0.2, 0) is 0 Å². The van der Waals surface area contributed by atoms with Crippen molar-refractivity contribution in [3.8, 4) is 0 Å². The molecule has 0 aromatic carbocycles. The van der Waals surface area contributed by atoms with Gasteiger partial charge in [-0.15, -0.1) is 23.2 Å². The summed E-state index contributed by atoms with van der Waals surface area (Å²) in [5.74, 6) is 0.252. The Morgan fingerprint density at radius 3 is 1.89 bits per heavy atom. The van der Waals surface area contributed by atoms with Gasteiger partial charge in [0.15, 0.2) is 0 Å². The maximum absolute atomic E-state index is 5.92. The van der Waals surface area contributed by atoms with Gasteiger partial charge in [-0.3, -0.25) is 0 Å². The smallest absolute Gasteiger partial charge is 0.0378 e. The fourth-order valence-electron chi connectivity index (χ4n) is 1.16. The van der Waals surface area contributed by atoms with E-state index in [1.165, 1.54) is 0 Å². The highest BCUT2D eigenvalue weighted by Gasteiger charge is 2.26. The minimum absolute atomic E-state index is 0.209. The van der Waals surface area contributed by atoms with E-state index in [0.717, 1.165) is 19.3 Å². The molecule has 0 aromatic rings. The molecule has 1 aliphatic rings. The van der Waals surface area contributed by atoms with Crippen LogP contribution in [-0.4, -0.2) is 10.8 Å². The van der Waals surface area contributed by atoms with Gasteiger partial charge in [-0.05, 0) is 25.7 Å². The van der Waals surface area contributed by atoms with Gasteiger partial charge >= 0.3 is 0 Å². The van der Waals surface area contributed by atoms with Crippen molar-refractivity contribution in [2.24, 2.45) is 5.92 Å². The number of halogens is 2. The Hall–Kier alpha value is 0.580. The van der Waals surface area contributed by atoms with E-state index in [4.69, 9.17) is 23.2 Å². The van der Waals surface area contributed by atoms with Crippen LogP contribution in [0.1, 0.15) is 19.3 Å². The molecule has 1 saturated carbocycles. The molecule has 9 heavy (non-hydrogen) atoms. The van der Waals surface area contributed by atoms with Gasteiger partial charge in [-0.1, -0.05) is 6.42 Å². The van der Waals surface area contributed by atoms with Gasteiger partial charge in [0.05, 0.1) is 0 Å². The Kier molecular flexibility index (Phi) is 2.66. The first kappa shape index (κ1) is 7.68. The molecule has 0 aromatic heterocycles. The van der Waals surface area contributed by atoms with Crippen molar-refractivity contribution >= 4 is 23.2 Å². The molecule has 0 aliphatic heterocycles. The van der Waals surface area contributed by atoms with Crippen molar-refractivity contribution in [2.75, 3.05) is 0 Å². The van der Waals surface area contributed by atoms with E-state index in [2.05, 4.69) is 6.92 Å². The largest absolute Gasteiger partial charge is 0.123 e. The summed E-state index contributed by atoms with van der Waals surface area (Å²) in [6.45, 7) is 3.90. The summed E-state index contributed by atoms with van der Waals surface area (Å²) >= 11 is 11.8.